The summed E-state index contributed by atoms with van der Waals surface area (Å²) in [4.78, 5) is 0. The molecule has 0 saturated carbocycles. The molecule has 0 saturated heterocycles. The molecule has 0 fully saturated rings. The van der Waals surface area contributed by atoms with Crippen LogP contribution in [-0.2, 0) is 0 Å². The van der Waals surface area contributed by atoms with Crippen LogP contribution in [0, 0.1) is 0 Å². The zero-order chi connectivity index (χ0) is 12.5. The summed E-state index contributed by atoms with van der Waals surface area (Å²) in [6, 6.07) is 8.57. The molecule has 0 bridgehead atoms. The maximum absolute atomic E-state index is 5.74. The number of ether oxygens (including phenoxy) is 1. The van der Waals surface area contributed by atoms with Gasteiger partial charge in [0.05, 0.1) is 6.61 Å². The molecular formula is C14H22BrNO. The van der Waals surface area contributed by atoms with Crippen LogP contribution in [0.25, 0.3) is 0 Å². The molecule has 1 N–H and O–H groups in total. The highest BCUT2D eigenvalue weighted by Gasteiger charge is 2.05. The van der Waals surface area contributed by atoms with Crippen molar-refractivity contribution in [3.8, 4) is 5.75 Å². The van der Waals surface area contributed by atoms with Crippen molar-refractivity contribution in [1.82, 2.24) is 5.32 Å². The second-order valence-electron chi connectivity index (χ2n) is 4.14. The summed E-state index contributed by atoms with van der Waals surface area (Å²) < 4.78 is 6.80. The fourth-order valence-corrected chi connectivity index (χ4v) is 2.24. The van der Waals surface area contributed by atoms with Crippen LogP contribution < -0.4 is 10.1 Å². The van der Waals surface area contributed by atoms with Gasteiger partial charge in [0, 0.05) is 10.5 Å². The van der Waals surface area contributed by atoms with E-state index < -0.39 is 0 Å². The van der Waals surface area contributed by atoms with Crippen LogP contribution in [0.1, 0.15) is 33.1 Å². The largest absolute Gasteiger partial charge is 0.493 e. The lowest BCUT2D eigenvalue weighted by molar-refractivity contribution is 0.281. The lowest BCUT2D eigenvalue weighted by atomic mass is 10.1. The Kier molecular flexibility index (Phi) is 7.29. The van der Waals surface area contributed by atoms with E-state index >= 15 is 0 Å². The van der Waals surface area contributed by atoms with Crippen molar-refractivity contribution in [3.63, 3.8) is 0 Å². The molecule has 1 atom stereocenters. The summed E-state index contributed by atoms with van der Waals surface area (Å²) >= 11 is 3.44. The third-order valence-corrected chi connectivity index (χ3v) is 3.15. The molecule has 0 spiro atoms. The number of rotatable bonds is 8. The van der Waals surface area contributed by atoms with Crippen molar-refractivity contribution in [1.29, 1.82) is 0 Å². The van der Waals surface area contributed by atoms with Gasteiger partial charge in [-0.25, -0.2) is 0 Å². The van der Waals surface area contributed by atoms with Crippen molar-refractivity contribution < 1.29 is 4.74 Å². The van der Waals surface area contributed by atoms with Gasteiger partial charge in [-0.3, -0.25) is 0 Å². The Bertz CT molecular complexity index is 311. The molecule has 0 heterocycles. The number of benzene rings is 1. The molecule has 3 heteroatoms. The molecule has 1 aromatic carbocycles. The van der Waals surface area contributed by atoms with E-state index in [-0.39, 0.29) is 0 Å². The van der Waals surface area contributed by atoms with Gasteiger partial charge in [-0.2, -0.15) is 0 Å². The second-order valence-corrected chi connectivity index (χ2v) is 5.05. The van der Waals surface area contributed by atoms with Crippen LogP contribution in [0.3, 0.4) is 0 Å². The maximum Gasteiger partial charge on any atom is 0.120 e. The third-order valence-electron chi connectivity index (χ3n) is 2.66. The van der Waals surface area contributed by atoms with Gasteiger partial charge in [-0.15, -0.1) is 0 Å². The highest BCUT2D eigenvalue weighted by molar-refractivity contribution is 9.10. The zero-order valence-electron chi connectivity index (χ0n) is 10.7. The first-order valence-electron chi connectivity index (χ1n) is 6.38. The summed E-state index contributed by atoms with van der Waals surface area (Å²) in [6.07, 6.45) is 3.50. The van der Waals surface area contributed by atoms with Gasteiger partial charge in [-0.05, 0) is 37.6 Å². The Labute approximate surface area is 113 Å². The topological polar surface area (TPSA) is 21.3 Å². The number of nitrogens with one attached hydrogen (secondary N) is 1. The summed E-state index contributed by atoms with van der Waals surface area (Å²) in [7, 11) is 0. The lowest BCUT2D eigenvalue weighted by Gasteiger charge is -2.17. The van der Waals surface area contributed by atoms with Gasteiger partial charge >= 0.3 is 0 Å². The molecule has 0 radical (unpaired) electrons. The quantitative estimate of drug-likeness (QED) is 0.783. The Hall–Kier alpha value is -0.540. The first kappa shape index (κ1) is 14.5. The summed E-state index contributed by atoms with van der Waals surface area (Å²) in [6.45, 7) is 6.17. The smallest absolute Gasteiger partial charge is 0.120 e. The molecule has 0 aliphatic heterocycles. The average Bonchev–Trinajstić information content (AvgIpc) is 2.30. The van der Waals surface area contributed by atoms with Crippen molar-refractivity contribution in [2.24, 2.45) is 0 Å². The molecule has 0 aromatic heterocycles. The maximum atomic E-state index is 5.74. The minimum Gasteiger partial charge on any atom is -0.493 e. The van der Waals surface area contributed by atoms with Crippen molar-refractivity contribution >= 4 is 15.9 Å². The van der Waals surface area contributed by atoms with E-state index in [0.717, 1.165) is 29.8 Å². The fourth-order valence-electron chi connectivity index (χ4n) is 1.86. The zero-order valence-corrected chi connectivity index (χ0v) is 12.3. The van der Waals surface area contributed by atoms with Gasteiger partial charge in [-0.1, -0.05) is 42.3 Å². The molecule has 96 valence electrons. The van der Waals surface area contributed by atoms with E-state index in [1.807, 2.05) is 24.3 Å². The van der Waals surface area contributed by atoms with Gasteiger partial charge in [0.25, 0.3) is 0 Å². The van der Waals surface area contributed by atoms with Crippen molar-refractivity contribution in [2.75, 3.05) is 13.2 Å². The highest BCUT2D eigenvalue weighted by atomic mass is 79.9. The fraction of sp³-hybridized carbons (Fsp3) is 0.571. The van der Waals surface area contributed by atoms with E-state index in [4.69, 9.17) is 4.74 Å². The summed E-state index contributed by atoms with van der Waals surface area (Å²) in [5.41, 5.74) is 0. The predicted octanol–water partition coefficient (Wildman–Crippen LogP) is 4.00. The number of halogens is 1. The van der Waals surface area contributed by atoms with Gasteiger partial charge in [0.15, 0.2) is 0 Å². The predicted molar refractivity (Wildman–Crippen MR) is 76.6 cm³/mol. The monoisotopic (exact) mass is 299 g/mol. The second kappa shape index (κ2) is 8.54. The summed E-state index contributed by atoms with van der Waals surface area (Å²) in [5, 5.41) is 3.49. The lowest BCUT2D eigenvalue weighted by Crippen LogP contribution is -2.30. The minimum absolute atomic E-state index is 0.581. The van der Waals surface area contributed by atoms with E-state index in [9.17, 15) is 0 Å². The van der Waals surface area contributed by atoms with Gasteiger partial charge < -0.3 is 10.1 Å². The molecule has 2 nitrogen and oxygen atoms in total. The van der Waals surface area contributed by atoms with E-state index in [1.165, 1.54) is 12.8 Å². The highest BCUT2D eigenvalue weighted by Crippen LogP contribution is 2.18. The normalized spacial score (nSPS) is 12.4. The molecule has 0 aliphatic carbocycles. The van der Waals surface area contributed by atoms with Crippen molar-refractivity contribution in [2.45, 2.75) is 39.2 Å². The van der Waals surface area contributed by atoms with Crippen LogP contribution in [0.5, 0.6) is 5.75 Å². The number of hydrogen-bond donors (Lipinski definition) is 1. The van der Waals surface area contributed by atoms with Crippen molar-refractivity contribution in [3.05, 3.63) is 28.7 Å². The molecule has 1 rings (SSSR count). The Morgan fingerprint density at radius 3 is 2.76 bits per heavy atom. The molecule has 1 unspecified atom stereocenters. The average molecular weight is 300 g/mol. The van der Waals surface area contributed by atoms with E-state index in [2.05, 4.69) is 35.1 Å². The van der Waals surface area contributed by atoms with Crippen LogP contribution in [-0.4, -0.2) is 19.2 Å². The van der Waals surface area contributed by atoms with Gasteiger partial charge in [0.2, 0.25) is 0 Å². The van der Waals surface area contributed by atoms with E-state index in [1.54, 1.807) is 0 Å². The molecule has 1 aromatic rings. The third kappa shape index (κ3) is 6.08. The Morgan fingerprint density at radius 1 is 1.29 bits per heavy atom. The van der Waals surface area contributed by atoms with E-state index in [0.29, 0.717) is 6.04 Å². The van der Waals surface area contributed by atoms with Crippen LogP contribution in [0.4, 0.5) is 0 Å². The molecule has 17 heavy (non-hydrogen) atoms. The molecular weight excluding hydrogens is 278 g/mol. The number of hydrogen-bond acceptors (Lipinski definition) is 2. The first-order chi connectivity index (χ1) is 8.26. The Morgan fingerprint density at radius 2 is 2.12 bits per heavy atom. The SMILES string of the molecule is CCCC(CCOc1cccc(Br)c1)NCC. The van der Waals surface area contributed by atoms with Crippen LogP contribution >= 0.6 is 15.9 Å². The standard InChI is InChI=1S/C14H22BrNO/c1-3-6-13(16-4-2)9-10-17-14-8-5-7-12(15)11-14/h5,7-8,11,13,16H,3-4,6,9-10H2,1-2H3. The molecule has 0 amide bonds. The summed E-state index contributed by atoms with van der Waals surface area (Å²) in [5.74, 6) is 0.936. The first-order valence-corrected chi connectivity index (χ1v) is 7.17. The Balaban J connectivity index is 2.30. The van der Waals surface area contributed by atoms with Crippen LogP contribution in [0.15, 0.2) is 28.7 Å². The molecule has 0 aliphatic rings. The van der Waals surface area contributed by atoms with Gasteiger partial charge in [0.1, 0.15) is 5.75 Å². The minimum atomic E-state index is 0.581. The van der Waals surface area contributed by atoms with Crippen LogP contribution in [0.2, 0.25) is 0 Å².